The zero-order chi connectivity index (χ0) is 14.1. The third kappa shape index (κ3) is 2.34. The SMILES string of the molecule is CNCc1sc2cccc(F)c2c1Cn1cc(C)cn1. The van der Waals surface area contributed by atoms with Crippen LogP contribution in [0.3, 0.4) is 0 Å². The monoisotopic (exact) mass is 289 g/mol. The Balaban J connectivity index is 2.12. The number of nitrogens with zero attached hydrogens (tertiary/aromatic N) is 2. The predicted molar refractivity (Wildman–Crippen MR) is 80.6 cm³/mol. The molecule has 0 fully saturated rings. The molecule has 0 atom stereocenters. The molecule has 1 aromatic carbocycles. The third-order valence-corrected chi connectivity index (χ3v) is 4.46. The Kier molecular flexibility index (Phi) is 3.54. The van der Waals surface area contributed by atoms with E-state index in [0.717, 1.165) is 27.8 Å². The molecule has 104 valence electrons. The lowest BCUT2D eigenvalue weighted by Crippen LogP contribution is -2.08. The van der Waals surface area contributed by atoms with Crippen LogP contribution in [0, 0.1) is 12.7 Å². The molecule has 0 unspecified atom stereocenters. The van der Waals surface area contributed by atoms with Crippen LogP contribution in [0.25, 0.3) is 10.1 Å². The van der Waals surface area contributed by atoms with Crippen LogP contribution in [0.15, 0.2) is 30.6 Å². The minimum atomic E-state index is -0.153. The Labute approximate surface area is 121 Å². The van der Waals surface area contributed by atoms with Gasteiger partial charge in [-0.2, -0.15) is 5.10 Å². The maximum absolute atomic E-state index is 14.2. The van der Waals surface area contributed by atoms with Crippen LogP contribution in [0.1, 0.15) is 16.0 Å². The highest BCUT2D eigenvalue weighted by molar-refractivity contribution is 7.19. The Morgan fingerprint density at radius 3 is 2.95 bits per heavy atom. The van der Waals surface area contributed by atoms with Gasteiger partial charge in [0.2, 0.25) is 0 Å². The van der Waals surface area contributed by atoms with E-state index < -0.39 is 0 Å². The van der Waals surface area contributed by atoms with Gasteiger partial charge in [0, 0.05) is 27.7 Å². The van der Waals surface area contributed by atoms with Crippen LogP contribution in [0.5, 0.6) is 0 Å². The summed E-state index contributed by atoms with van der Waals surface area (Å²) in [6.07, 6.45) is 3.80. The average molecular weight is 289 g/mol. The number of aromatic nitrogens is 2. The molecule has 20 heavy (non-hydrogen) atoms. The predicted octanol–water partition coefficient (Wildman–Crippen LogP) is 3.31. The summed E-state index contributed by atoms with van der Waals surface area (Å²) in [7, 11) is 1.91. The number of nitrogens with one attached hydrogen (secondary N) is 1. The third-order valence-electron chi connectivity index (χ3n) is 3.27. The van der Waals surface area contributed by atoms with Crippen molar-refractivity contribution >= 4 is 21.4 Å². The molecule has 0 amide bonds. The van der Waals surface area contributed by atoms with E-state index in [4.69, 9.17) is 0 Å². The average Bonchev–Trinajstić information content (AvgIpc) is 2.96. The van der Waals surface area contributed by atoms with Crippen LogP contribution < -0.4 is 5.32 Å². The molecule has 3 rings (SSSR count). The van der Waals surface area contributed by atoms with Gasteiger partial charge in [0.25, 0.3) is 0 Å². The van der Waals surface area contributed by atoms with Crippen molar-refractivity contribution in [3.63, 3.8) is 0 Å². The summed E-state index contributed by atoms with van der Waals surface area (Å²) in [5, 5.41) is 8.19. The highest BCUT2D eigenvalue weighted by Crippen LogP contribution is 2.33. The molecule has 0 radical (unpaired) electrons. The summed E-state index contributed by atoms with van der Waals surface area (Å²) in [6.45, 7) is 3.35. The summed E-state index contributed by atoms with van der Waals surface area (Å²) < 4.78 is 17.0. The minimum absolute atomic E-state index is 0.153. The van der Waals surface area contributed by atoms with Crippen molar-refractivity contribution in [1.29, 1.82) is 0 Å². The summed E-state index contributed by atoms with van der Waals surface area (Å²) in [4.78, 5) is 1.17. The topological polar surface area (TPSA) is 29.9 Å². The Bertz CT molecular complexity index is 745. The van der Waals surface area contributed by atoms with Gasteiger partial charge in [-0.15, -0.1) is 11.3 Å². The fraction of sp³-hybridized carbons (Fsp3) is 0.267. The van der Waals surface area contributed by atoms with Gasteiger partial charge in [-0.1, -0.05) is 6.07 Å². The normalized spacial score (nSPS) is 11.3. The second-order valence-electron chi connectivity index (χ2n) is 4.86. The first-order valence-electron chi connectivity index (χ1n) is 6.51. The van der Waals surface area contributed by atoms with Crippen LogP contribution >= 0.6 is 11.3 Å². The van der Waals surface area contributed by atoms with Gasteiger partial charge >= 0.3 is 0 Å². The summed E-state index contributed by atoms with van der Waals surface area (Å²) >= 11 is 1.65. The number of fused-ring (bicyclic) bond motifs is 1. The number of aryl methyl sites for hydroxylation is 1. The quantitative estimate of drug-likeness (QED) is 0.798. The van der Waals surface area contributed by atoms with Gasteiger partial charge in [-0.3, -0.25) is 4.68 Å². The van der Waals surface area contributed by atoms with Gasteiger partial charge in [0.15, 0.2) is 0 Å². The second-order valence-corrected chi connectivity index (χ2v) is 6.00. The number of benzene rings is 1. The van der Waals surface area contributed by atoms with E-state index in [1.54, 1.807) is 17.4 Å². The minimum Gasteiger partial charge on any atom is -0.315 e. The van der Waals surface area contributed by atoms with Crippen molar-refractivity contribution in [2.45, 2.75) is 20.0 Å². The van der Waals surface area contributed by atoms with Crippen LogP contribution in [-0.4, -0.2) is 16.8 Å². The lowest BCUT2D eigenvalue weighted by atomic mass is 10.1. The molecule has 5 heteroatoms. The largest absolute Gasteiger partial charge is 0.315 e. The molecule has 0 bridgehead atoms. The van der Waals surface area contributed by atoms with Gasteiger partial charge in [-0.05, 0) is 37.2 Å². The number of rotatable bonds is 4. The second kappa shape index (κ2) is 5.34. The van der Waals surface area contributed by atoms with Gasteiger partial charge in [0.1, 0.15) is 5.82 Å². The highest BCUT2D eigenvalue weighted by atomic mass is 32.1. The summed E-state index contributed by atoms with van der Waals surface area (Å²) in [5.41, 5.74) is 2.14. The zero-order valence-corrected chi connectivity index (χ0v) is 12.3. The molecule has 2 aromatic heterocycles. The van der Waals surface area contributed by atoms with Crippen LogP contribution in [0.2, 0.25) is 0 Å². The molecule has 3 aromatic rings. The molecule has 0 saturated heterocycles. The van der Waals surface area contributed by atoms with Crippen molar-refractivity contribution in [1.82, 2.24) is 15.1 Å². The number of hydrogen-bond acceptors (Lipinski definition) is 3. The fourth-order valence-electron chi connectivity index (χ4n) is 2.40. The van der Waals surface area contributed by atoms with Crippen molar-refractivity contribution in [3.05, 3.63) is 52.4 Å². The molecule has 3 nitrogen and oxygen atoms in total. The van der Waals surface area contributed by atoms with E-state index in [2.05, 4.69) is 10.4 Å². The number of halogens is 1. The van der Waals surface area contributed by atoms with E-state index in [1.165, 1.54) is 10.9 Å². The molecule has 0 aliphatic heterocycles. The molecule has 0 aliphatic carbocycles. The van der Waals surface area contributed by atoms with Crippen LogP contribution in [-0.2, 0) is 13.1 Å². The fourth-order valence-corrected chi connectivity index (χ4v) is 3.64. The van der Waals surface area contributed by atoms with Gasteiger partial charge < -0.3 is 5.32 Å². The first-order valence-corrected chi connectivity index (χ1v) is 7.33. The molecule has 0 aliphatic rings. The smallest absolute Gasteiger partial charge is 0.132 e. The Hall–Kier alpha value is -1.72. The first kappa shape index (κ1) is 13.3. The maximum atomic E-state index is 14.2. The van der Waals surface area contributed by atoms with Gasteiger partial charge in [-0.25, -0.2) is 4.39 Å². The van der Waals surface area contributed by atoms with E-state index in [0.29, 0.717) is 6.54 Å². The maximum Gasteiger partial charge on any atom is 0.132 e. The molecular weight excluding hydrogens is 273 g/mol. The highest BCUT2D eigenvalue weighted by Gasteiger charge is 2.15. The Morgan fingerprint density at radius 2 is 2.25 bits per heavy atom. The lowest BCUT2D eigenvalue weighted by molar-refractivity contribution is 0.634. The van der Waals surface area contributed by atoms with Gasteiger partial charge in [0.05, 0.1) is 12.7 Å². The van der Waals surface area contributed by atoms with Crippen molar-refractivity contribution < 1.29 is 4.39 Å². The number of thiophene rings is 1. The number of hydrogen-bond donors (Lipinski definition) is 1. The molecule has 2 heterocycles. The van der Waals surface area contributed by atoms with E-state index >= 15 is 0 Å². The van der Waals surface area contributed by atoms with E-state index in [1.807, 2.05) is 37.1 Å². The molecular formula is C15H16FN3S. The first-order chi connectivity index (χ1) is 9.69. The summed E-state index contributed by atoms with van der Waals surface area (Å²) in [5.74, 6) is -0.153. The molecule has 0 saturated carbocycles. The zero-order valence-electron chi connectivity index (χ0n) is 11.5. The van der Waals surface area contributed by atoms with Crippen LogP contribution in [0.4, 0.5) is 4.39 Å². The summed E-state index contributed by atoms with van der Waals surface area (Å²) in [6, 6.07) is 5.26. The standard InChI is InChI=1S/C15H16FN3S/c1-10-6-18-19(8-10)9-11-14(7-17-2)20-13-5-3-4-12(16)15(11)13/h3-6,8,17H,7,9H2,1-2H3. The van der Waals surface area contributed by atoms with Crippen molar-refractivity contribution in [2.75, 3.05) is 7.05 Å². The Morgan fingerprint density at radius 1 is 1.40 bits per heavy atom. The molecule has 1 N–H and O–H groups in total. The van der Waals surface area contributed by atoms with E-state index in [-0.39, 0.29) is 5.82 Å². The lowest BCUT2D eigenvalue weighted by Gasteiger charge is -2.05. The van der Waals surface area contributed by atoms with E-state index in [9.17, 15) is 4.39 Å². The van der Waals surface area contributed by atoms with Crippen molar-refractivity contribution in [2.24, 2.45) is 0 Å². The molecule has 0 spiro atoms. The van der Waals surface area contributed by atoms with Crippen molar-refractivity contribution in [3.8, 4) is 0 Å².